The van der Waals surface area contributed by atoms with Crippen molar-refractivity contribution in [3.63, 3.8) is 0 Å². The van der Waals surface area contributed by atoms with Gasteiger partial charge in [0.15, 0.2) is 5.78 Å². The Balaban J connectivity index is 2.31. The minimum atomic E-state index is -0.548. The molecular formula is C13H18BrN3O3. The fourth-order valence-electron chi connectivity index (χ4n) is 2.32. The van der Waals surface area contributed by atoms with E-state index in [0.29, 0.717) is 24.5 Å². The van der Waals surface area contributed by atoms with Gasteiger partial charge in [0.1, 0.15) is 0 Å². The summed E-state index contributed by atoms with van der Waals surface area (Å²) in [6.07, 6.45) is 3.26. The monoisotopic (exact) mass is 343 g/mol. The number of carbonyl (C=O) groups is 2. The molecule has 0 bridgehead atoms. The zero-order chi connectivity index (χ0) is 14.7. The molecule has 7 heteroatoms. The Bertz CT molecular complexity index is 507. The van der Waals surface area contributed by atoms with E-state index >= 15 is 0 Å². The van der Waals surface area contributed by atoms with Gasteiger partial charge in [-0.2, -0.15) is 5.10 Å². The van der Waals surface area contributed by atoms with Crippen LogP contribution in [0.15, 0.2) is 6.20 Å². The maximum absolute atomic E-state index is 12.0. The summed E-state index contributed by atoms with van der Waals surface area (Å²) >= 11 is 3.25. The van der Waals surface area contributed by atoms with Crippen molar-refractivity contribution in [2.45, 2.75) is 37.1 Å². The number of ketones is 1. The number of amides is 1. The van der Waals surface area contributed by atoms with Crippen LogP contribution in [0.25, 0.3) is 0 Å². The summed E-state index contributed by atoms with van der Waals surface area (Å²) in [4.78, 5) is 23.2. The first-order chi connectivity index (χ1) is 9.50. The standard InChI is InChI=1S/C13H18BrN3O3/c1-8(14)12(18)6-11-10(13(15)19)7-16-17(11)9-2-4-20-5-3-9/h7-9H,2-6H2,1H3,(H2,15,19). The smallest absolute Gasteiger partial charge is 0.252 e. The van der Waals surface area contributed by atoms with Gasteiger partial charge in [-0.25, -0.2) is 0 Å². The molecule has 0 aromatic carbocycles. The average molecular weight is 344 g/mol. The van der Waals surface area contributed by atoms with Crippen molar-refractivity contribution in [2.75, 3.05) is 13.2 Å². The van der Waals surface area contributed by atoms with Crippen LogP contribution in [0.1, 0.15) is 41.9 Å². The molecule has 6 nitrogen and oxygen atoms in total. The van der Waals surface area contributed by atoms with Crippen LogP contribution < -0.4 is 5.73 Å². The topological polar surface area (TPSA) is 87.2 Å². The van der Waals surface area contributed by atoms with E-state index in [0.717, 1.165) is 12.8 Å². The lowest BCUT2D eigenvalue weighted by molar-refractivity contribution is -0.117. The second-order valence-corrected chi connectivity index (χ2v) is 6.29. The van der Waals surface area contributed by atoms with E-state index in [4.69, 9.17) is 10.5 Å². The first-order valence-electron chi connectivity index (χ1n) is 6.61. The van der Waals surface area contributed by atoms with Gasteiger partial charge in [0.25, 0.3) is 5.91 Å². The molecule has 1 aromatic rings. The molecule has 2 N–H and O–H groups in total. The fraction of sp³-hybridized carbons (Fsp3) is 0.615. The predicted molar refractivity (Wildman–Crippen MR) is 76.9 cm³/mol. The second kappa shape index (κ2) is 6.49. The van der Waals surface area contributed by atoms with Crippen LogP contribution in [-0.2, 0) is 16.0 Å². The molecule has 0 radical (unpaired) electrons. The molecule has 1 aliphatic heterocycles. The molecular weight excluding hydrogens is 326 g/mol. The minimum absolute atomic E-state index is 0.00121. The molecule has 1 unspecified atom stereocenters. The largest absolute Gasteiger partial charge is 0.381 e. The van der Waals surface area contributed by atoms with Gasteiger partial charge in [-0.15, -0.1) is 0 Å². The molecule has 1 saturated heterocycles. The number of nitrogens with zero attached hydrogens (tertiary/aromatic N) is 2. The Morgan fingerprint density at radius 1 is 1.55 bits per heavy atom. The molecule has 1 aromatic heterocycles. The van der Waals surface area contributed by atoms with Gasteiger partial charge in [-0.3, -0.25) is 14.3 Å². The zero-order valence-electron chi connectivity index (χ0n) is 11.3. The number of carbonyl (C=O) groups excluding carboxylic acids is 2. The molecule has 1 atom stereocenters. The molecule has 2 heterocycles. The quantitative estimate of drug-likeness (QED) is 0.814. The summed E-state index contributed by atoms with van der Waals surface area (Å²) < 4.78 is 7.10. The summed E-state index contributed by atoms with van der Waals surface area (Å²) in [5.41, 5.74) is 6.31. The maximum atomic E-state index is 12.0. The van der Waals surface area contributed by atoms with E-state index in [1.807, 2.05) is 0 Å². The van der Waals surface area contributed by atoms with Crippen LogP contribution in [-0.4, -0.2) is 39.5 Å². The first-order valence-corrected chi connectivity index (χ1v) is 7.53. The number of Topliss-reactive ketones (excluding diaryl/α,β-unsaturated/α-hetero) is 1. The number of alkyl halides is 1. The number of hydrogen-bond donors (Lipinski definition) is 1. The van der Waals surface area contributed by atoms with E-state index in [-0.39, 0.29) is 23.1 Å². The van der Waals surface area contributed by atoms with Crippen LogP contribution in [0.5, 0.6) is 0 Å². The van der Waals surface area contributed by atoms with Crippen LogP contribution in [0.3, 0.4) is 0 Å². The third-order valence-electron chi connectivity index (χ3n) is 3.49. The third kappa shape index (κ3) is 3.27. The average Bonchev–Trinajstić information content (AvgIpc) is 2.83. The van der Waals surface area contributed by atoms with Crippen molar-refractivity contribution < 1.29 is 14.3 Å². The normalized spacial score (nSPS) is 17.9. The summed E-state index contributed by atoms with van der Waals surface area (Å²) in [6, 6.07) is 0.158. The van der Waals surface area contributed by atoms with Crippen LogP contribution in [0.2, 0.25) is 0 Å². The van der Waals surface area contributed by atoms with Crippen LogP contribution >= 0.6 is 15.9 Å². The van der Waals surface area contributed by atoms with E-state index in [1.54, 1.807) is 11.6 Å². The Morgan fingerprint density at radius 2 is 2.20 bits per heavy atom. The lowest BCUT2D eigenvalue weighted by Gasteiger charge is -2.24. The number of ether oxygens (including phenoxy) is 1. The molecule has 1 aliphatic rings. The molecule has 0 aliphatic carbocycles. The van der Waals surface area contributed by atoms with Crippen molar-refractivity contribution in [1.29, 1.82) is 0 Å². The Hall–Kier alpha value is -1.21. The summed E-state index contributed by atoms with van der Waals surface area (Å²) in [5, 5.41) is 4.27. The lowest BCUT2D eigenvalue weighted by atomic mass is 10.1. The van der Waals surface area contributed by atoms with E-state index in [1.165, 1.54) is 6.20 Å². The first kappa shape index (κ1) is 15.2. The Morgan fingerprint density at radius 3 is 2.75 bits per heavy atom. The number of rotatable bonds is 5. The van der Waals surface area contributed by atoms with Crippen molar-refractivity contribution in [1.82, 2.24) is 9.78 Å². The number of hydrogen-bond acceptors (Lipinski definition) is 4. The predicted octanol–water partition coefficient (Wildman–Crippen LogP) is 1.23. The molecule has 20 heavy (non-hydrogen) atoms. The number of primary amides is 1. The van der Waals surface area contributed by atoms with E-state index in [9.17, 15) is 9.59 Å². The lowest BCUT2D eigenvalue weighted by Crippen LogP contribution is -2.25. The molecule has 1 fully saturated rings. The van der Waals surface area contributed by atoms with Crippen molar-refractivity contribution in [3.8, 4) is 0 Å². The van der Waals surface area contributed by atoms with Crippen LogP contribution in [0, 0.1) is 0 Å². The minimum Gasteiger partial charge on any atom is -0.381 e. The van der Waals surface area contributed by atoms with Gasteiger partial charge in [0, 0.05) is 13.2 Å². The van der Waals surface area contributed by atoms with Gasteiger partial charge >= 0.3 is 0 Å². The summed E-state index contributed by atoms with van der Waals surface area (Å²) in [7, 11) is 0. The molecule has 2 rings (SSSR count). The van der Waals surface area contributed by atoms with Crippen molar-refractivity contribution in [3.05, 3.63) is 17.5 Å². The van der Waals surface area contributed by atoms with Gasteiger partial charge in [0.05, 0.1) is 34.7 Å². The van der Waals surface area contributed by atoms with Crippen molar-refractivity contribution >= 4 is 27.6 Å². The fourth-order valence-corrected chi connectivity index (χ4v) is 2.48. The highest BCUT2D eigenvalue weighted by molar-refractivity contribution is 9.10. The highest BCUT2D eigenvalue weighted by Gasteiger charge is 2.25. The number of aromatic nitrogens is 2. The maximum Gasteiger partial charge on any atom is 0.252 e. The highest BCUT2D eigenvalue weighted by atomic mass is 79.9. The number of nitrogens with two attached hydrogens (primary N) is 1. The van der Waals surface area contributed by atoms with E-state index < -0.39 is 5.91 Å². The highest BCUT2D eigenvalue weighted by Crippen LogP contribution is 2.24. The summed E-state index contributed by atoms with van der Waals surface area (Å²) in [6.45, 7) is 3.10. The van der Waals surface area contributed by atoms with Gasteiger partial charge in [-0.05, 0) is 19.8 Å². The molecule has 0 spiro atoms. The van der Waals surface area contributed by atoms with Gasteiger partial charge in [0.2, 0.25) is 0 Å². The Labute approximate surface area is 125 Å². The second-order valence-electron chi connectivity index (χ2n) is 4.92. The Kier molecular flexibility index (Phi) is 4.93. The third-order valence-corrected chi connectivity index (χ3v) is 4.00. The molecule has 1 amide bonds. The number of halogens is 1. The van der Waals surface area contributed by atoms with E-state index in [2.05, 4.69) is 21.0 Å². The van der Waals surface area contributed by atoms with Crippen LogP contribution in [0.4, 0.5) is 0 Å². The zero-order valence-corrected chi connectivity index (χ0v) is 12.9. The summed E-state index contributed by atoms with van der Waals surface area (Å²) in [5.74, 6) is -0.547. The van der Waals surface area contributed by atoms with Crippen molar-refractivity contribution in [2.24, 2.45) is 5.73 Å². The van der Waals surface area contributed by atoms with Gasteiger partial charge < -0.3 is 10.5 Å². The molecule has 0 saturated carbocycles. The van der Waals surface area contributed by atoms with Gasteiger partial charge in [-0.1, -0.05) is 15.9 Å². The SMILES string of the molecule is CC(Br)C(=O)Cc1c(C(N)=O)cnn1C1CCOCC1. The molecule has 110 valence electrons.